The lowest BCUT2D eigenvalue weighted by atomic mass is 9.97. The van der Waals surface area contributed by atoms with Gasteiger partial charge in [0, 0.05) is 25.3 Å². The van der Waals surface area contributed by atoms with E-state index in [-0.39, 0.29) is 11.7 Å². The highest BCUT2D eigenvalue weighted by Gasteiger charge is 2.37. The zero-order chi connectivity index (χ0) is 15.6. The Morgan fingerprint density at radius 1 is 1.32 bits per heavy atom. The molecule has 1 atom stereocenters. The first-order valence-corrected chi connectivity index (χ1v) is 8.14. The van der Waals surface area contributed by atoms with Crippen molar-refractivity contribution >= 4 is 11.6 Å². The lowest BCUT2D eigenvalue weighted by molar-refractivity contribution is -0.126. The van der Waals surface area contributed by atoms with Gasteiger partial charge in [-0.15, -0.1) is 0 Å². The normalized spacial score (nSPS) is 23.7. The zero-order valence-corrected chi connectivity index (χ0v) is 12.9. The van der Waals surface area contributed by atoms with Crippen LogP contribution < -0.4 is 16.0 Å². The summed E-state index contributed by atoms with van der Waals surface area (Å²) in [5.41, 5.74) is 6.56. The molecule has 0 aromatic heterocycles. The Kier molecular flexibility index (Phi) is 4.34. The summed E-state index contributed by atoms with van der Waals surface area (Å²) in [6.45, 7) is 2.51. The van der Waals surface area contributed by atoms with Crippen LogP contribution in [0.1, 0.15) is 32.1 Å². The second-order valence-corrected chi connectivity index (χ2v) is 6.65. The van der Waals surface area contributed by atoms with E-state index >= 15 is 0 Å². The monoisotopic (exact) mass is 305 g/mol. The van der Waals surface area contributed by atoms with Gasteiger partial charge in [-0.2, -0.15) is 0 Å². The van der Waals surface area contributed by atoms with Crippen LogP contribution in [0.4, 0.5) is 10.1 Å². The van der Waals surface area contributed by atoms with Crippen molar-refractivity contribution in [2.24, 2.45) is 11.7 Å². The van der Waals surface area contributed by atoms with E-state index in [1.54, 1.807) is 0 Å². The number of benzene rings is 1. The van der Waals surface area contributed by atoms with E-state index in [1.165, 1.54) is 12.1 Å². The minimum atomic E-state index is -0.644. The van der Waals surface area contributed by atoms with Gasteiger partial charge in [-0.05, 0) is 49.4 Å². The second kappa shape index (κ2) is 6.24. The predicted molar refractivity (Wildman–Crippen MR) is 85.1 cm³/mol. The van der Waals surface area contributed by atoms with E-state index in [9.17, 15) is 9.18 Å². The fourth-order valence-electron chi connectivity index (χ4n) is 3.53. The van der Waals surface area contributed by atoms with Crippen molar-refractivity contribution in [3.05, 3.63) is 30.1 Å². The number of nitrogens with zero attached hydrogens (tertiary/aromatic N) is 1. The average molecular weight is 305 g/mol. The molecule has 1 aromatic carbocycles. The molecule has 0 spiro atoms. The van der Waals surface area contributed by atoms with Crippen molar-refractivity contribution in [1.82, 2.24) is 5.32 Å². The molecular formula is C17H24FN3O. The van der Waals surface area contributed by atoms with Gasteiger partial charge in [0.2, 0.25) is 5.91 Å². The maximum atomic E-state index is 13.0. The van der Waals surface area contributed by atoms with E-state index in [4.69, 9.17) is 5.73 Å². The lowest BCUT2D eigenvalue weighted by Gasteiger charge is -2.23. The van der Waals surface area contributed by atoms with E-state index in [0.717, 1.165) is 50.9 Å². The molecule has 0 bridgehead atoms. The van der Waals surface area contributed by atoms with Crippen LogP contribution in [-0.2, 0) is 4.79 Å². The minimum absolute atomic E-state index is 0.00484. The van der Waals surface area contributed by atoms with E-state index in [1.807, 2.05) is 12.1 Å². The third-order valence-corrected chi connectivity index (χ3v) is 4.98. The summed E-state index contributed by atoms with van der Waals surface area (Å²) in [6.07, 6.45) is 4.73. The number of carbonyl (C=O) groups excluding carboxylic acids is 1. The Balaban J connectivity index is 1.49. The fraction of sp³-hybridized carbons (Fsp3) is 0.588. The highest BCUT2D eigenvalue weighted by molar-refractivity contribution is 5.86. The van der Waals surface area contributed by atoms with Crippen LogP contribution in [0, 0.1) is 11.7 Å². The molecule has 22 heavy (non-hydrogen) atoms. The number of nitrogens with two attached hydrogens (primary N) is 1. The van der Waals surface area contributed by atoms with E-state index < -0.39 is 5.54 Å². The van der Waals surface area contributed by atoms with Gasteiger partial charge in [0.1, 0.15) is 5.82 Å². The van der Waals surface area contributed by atoms with Crippen LogP contribution in [0.2, 0.25) is 0 Å². The molecule has 5 heteroatoms. The average Bonchev–Trinajstić information content (AvgIpc) is 3.15. The first-order valence-electron chi connectivity index (χ1n) is 8.14. The van der Waals surface area contributed by atoms with Crippen molar-refractivity contribution < 1.29 is 9.18 Å². The Labute approximate surface area is 130 Å². The molecule has 1 saturated heterocycles. The van der Waals surface area contributed by atoms with E-state index in [0.29, 0.717) is 12.5 Å². The molecule has 120 valence electrons. The Hall–Kier alpha value is -1.62. The first-order chi connectivity index (χ1) is 10.6. The van der Waals surface area contributed by atoms with Gasteiger partial charge in [0.05, 0.1) is 5.54 Å². The number of carbonyl (C=O) groups is 1. The highest BCUT2D eigenvalue weighted by Crippen LogP contribution is 2.28. The molecule has 1 amide bonds. The molecule has 3 N–H and O–H groups in total. The third kappa shape index (κ3) is 3.24. The predicted octanol–water partition coefficient (Wildman–Crippen LogP) is 2.04. The first kappa shape index (κ1) is 15.3. The quantitative estimate of drug-likeness (QED) is 0.895. The van der Waals surface area contributed by atoms with Gasteiger partial charge < -0.3 is 16.0 Å². The molecule has 2 fully saturated rings. The third-order valence-electron chi connectivity index (χ3n) is 4.98. The fourth-order valence-corrected chi connectivity index (χ4v) is 3.53. The molecule has 1 aliphatic carbocycles. The Morgan fingerprint density at radius 3 is 2.68 bits per heavy atom. The number of rotatable bonds is 4. The summed E-state index contributed by atoms with van der Waals surface area (Å²) >= 11 is 0. The summed E-state index contributed by atoms with van der Waals surface area (Å²) in [6, 6.07) is 6.60. The number of anilines is 1. The van der Waals surface area contributed by atoms with Crippen LogP contribution in [-0.4, -0.2) is 31.1 Å². The van der Waals surface area contributed by atoms with Crippen molar-refractivity contribution in [1.29, 1.82) is 0 Å². The van der Waals surface area contributed by atoms with Gasteiger partial charge in [-0.25, -0.2) is 4.39 Å². The van der Waals surface area contributed by atoms with Crippen LogP contribution >= 0.6 is 0 Å². The van der Waals surface area contributed by atoms with Crippen LogP contribution in [0.3, 0.4) is 0 Å². The maximum Gasteiger partial charge on any atom is 0.240 e. The summed E-state index contributed by atoms with van der Waals surface area (Å²) in [4.78, 5) is 14.5. The number of hydrogen-bond donors (Lipinski definition) is 2. The van der Waals surface area contributed by atoms with Crippen LogP contribution in [0.5, 0.6) is 0 Å². The molecule has 1 aromatic rings. The lowest BCUT2D eigenvalue weighted by Crippen LogP contribution is -2.52. The van der Waals surface area contributed by atoms with Gasteiger partial charge in [-0.1, -0.05) is 12.8 Å². The molecular weight excluding hydrogens is 281 g/mol. The number of nitrogens with one attached hydrogen (secondary N) is 1. The van der Waals surface area contributed by atoms with Crippen LogP contribution in [0.15, 0.2) is 24.3 Å². The summed E-state index contributed by atoms with van der Waals surface area (Å²) in [7, 11) is 0. The SMILES string of the molecule is NC1(C(=O)NCC2CCN(c3ccc(F)cc3)C2)CCCC1. The molecule has 3 rings (SSSR count). The number of halogens is 1. The van der Waals surface area contributed by atoms with Gasteiger partial charge >= 0.3 is 0 Å². The van der Waals surface area contributed by atoms with Gasteiger partial charge in [0.25, 0.3) is 0 Å². The molecule has 1 aliphatic heterocycles. The summed E-state index contributed by atoms with van der Waals surface area (Å²) in [5, 5.41) is 3.04. The Morgan fingerprint density at radius 2 is 2.00 bits per heavy atom. The standard InChI is InChI=1S/C17H24FN3O/c18-14-3-5-15(6-4-14)21-10-7-13(12-21)11-20-16(22)17(19)8-1-2-9-17/h3-6,13H,1-2,7-12,19H2,(H,20,22). The number of amides is 1. The Bertz CT molecular complexity index is 525. The maximum absolute atomic E-state index is 13.0. The van der Waals surface area contributed by atoms with Gasteiger partial charge in [0.15, 0.2) is 0 Å². The minimum Gasteiger partial charge on any atom is -0.371 e. The molecule has 0 radical (unpaired) electrons. The summed E-state index contributed by atoms with van der Waals surface area (Å²) < 4.78 is 13.0. The molecule has 2 aliphatic rings. The second-order valence-electron chi connectivity index (χ2n) is 6.65. The van der Waals surface area contributed by atoms with Crippen molar-refractivity contribution in [2.75, 3.05) is 24.5 Å². The van der Waals surface area contributed by atoms with Crippen LogP contribution in [0.25, 0.3) is 0 Å². The van der Waals surface area contributed by atoms with Crippen molar-refractivity contribution in [3.63, 3.8) is 0 Å². The van der Waals surface area contributed by atoms with E-state index in [2.05, 4.69) is 10.2 Å². The van der Waals surface area contributed by atoms with Crippen molar-refractivity contribution in [2.45, 2.75) is 37.6 Å². The number of hydrogen-bond acceptors (Lipinski definition) is 3. The molecule has 1 unspecified atom stereocenters. The molecule has 4 nitrogen and oxygen atoms in total. The zero-order valence-electron chi connectivity index (χ0n) is 12.9. The van der Waals surface area contributed by atoms with Crippen molar-refractivity contribution in [3.8, 4) is 0 Å². The highest BCUT2D eigenvalue weighted by atomic mass is 19.1. The smallest absolute Gasteiger partial charge is 0.240 e. The van der Waals surface area contributed by atoms with Gasteiger partial charge in [-0.3, -0.25) is 4.79 Å². The topological polar surface area (TPSA) is 58.4 Å². The summed E-state index contributed by atoms with van der Waals surface area (Å²) in [5.74, 6) is 0.223. The largest absolute Gasteiger partial charge is 0.371 e. The molecule has 1 saturated carbocycles. The molecule has 1 heterocycles.